The molecular weight excluding hydrogens is 212 g/mol. The Labute approximate surface area is 98.0 Å². The van der Waals surface area contributed by atoms with Crippen molar-refractivity contribution in [2.24, 2.45) is 0 Å². The summed E-state index contributed by atoms with van der Waals surface area (Å²) in [4.78, 5) is 10.1. The molecule has 0 saturated heterocycles. The molecule has 0 saturated carbocycles. The van der Waals surface area contributed by atoms with E-state index in [4.69, 9.17) is 16.7 Å². The highest BCUT2D eigenvalue weighted by Crippen LogP contribution is 2.29. The molecular formula is C12H23ClO2. The third kappa shape index (κ3) is 6.03. The highest BCUT2D eigenvalue weighted by molar-refractivity contribution is 6.33. The van der Waals surface area contributed by atoms with Gasteiger partial charge in [0.2, 0.25) is 0 Å². The molecule has 1 N–H and O–H groups in total. The van der Waals surface area contributed by atoms with Gasteiger partial charge in [-0.05, 0) is 12.8 Å². The number of unbranched alkanes of at least 4 members (excludes halogenated alkanes) is 4. The molecule has 0 fully saturated rings. The SMILES string of the molecule is CCCCCC(Cl)(CCCCC)C(=O)O. The molecule has 0 heterocycles. The van der Waals surface area contributed by atoms with E-state index in [9.17, 15) is 4.79 Å². The van der Waals surface area contributed by atoms with Crippen LogP contribution in [0.25, 0.3) is 0 Å². The lowest BCUT2D eigenvalue weighted by atomic mass is 9.94. The van der Waals surface area contributed by atoms with Gasteiger partial charge in [0.25, 0.3) is 0 Å². The van der Waals surface area contributed by atoms with Crippen LogP contribution in [-0.4, -0.2) is 16.0 Å². The van der Waals surface area contributed by atoms with Gasteiger partial charge in [0.1, 0.15) is 4.87 Å². The molecule has 0 aliphatic rings. The average molecular weight is 235 g/mol. The predicted molar refractivity (Wildman–Crippen MR) is 64.5 cm³/mol. The highest BCUT2D eigenvalue weighted by atomic mass is 35.5. The molecule has 0 aromatic carbocycles. The average Bonchev–Trinajstić information content (AvgIpc) is 2.18. The van der Waals surface area contributed by atoms with Gasteiger partial charge >= 0.3 is 5.97 Å². The van der Waals surface area contributed by atoms with Crippen LogP contribution in [0.15, 0.2) is 0 Å². The van der Waals surface area contributed by atoms with Crippen molar-refractivity contribution in [3.8, 4) is 0 Å². The number of rotatable bonds is 9. The zero-order valence-electron chi connectivity index (χ0n) is 9.89. The van der Waals surface area contributed by atoms with Crippen molar-refractivity contribution in [3.63, 3.8) is 0 Å². The van der Waals surface area contributed by atoms with E-state index in [1.807, 2.05) is 0 Å². The van der Waals surface area contributed by atoms with Gasteiger partial charge in [-0.2, -0.15) is 0 Å². The number of aliphatic carboxylic acids is 1. The first-order valence-corrected chi connectivity index (χ1v) is 6.37. The van der Waals surface area contributed by atoms with Crippen molar-refractivity contribution < 1.29 is 9.90 Å². The molecule has 0 aliphatic carbocycles. The summed E-state index contributed by atoms with van der Waals surface area (Å²) in [5.74, 6) is -0.851. The molecule has 0 aliphatic heterocycles. The summed E-state index contributed by atoms with van der Waals surface area (Å²) in [6, 6.07) is 0. The molecule has 15 heavy (non-hydrogen) atoms. The zero-order chi connectivity index (χ0) is 11.7. The van der Waals surface area contributed by atoms with Gasteiger partial charge in [0, 0.05) is 0 Å². The number of carboxylic acid groups (broad SMARTS) is 1. The number of hydrogen-bond acceptors (Lipinski definition) is 1. The number of carbonyl (C=O) groups is 1. The predicted octanol–water partition coefficient (Wildman–Crippen LogP) is 4.21. The van der Waals surface area contributed by atoms with Gasteiger partial charge in [-0.25, -0.2) is 0 Å². The van der Waals surface area contributed by atoms with Gasteiger partial charge in [-0.3, -0.25) is 4.79 Å². The second-order valence-corrected chi connectivity index (χ2v) is 4.91. The van der Waals surface area contributed by atoms with Gasteiger partial charge in [0.15, 0.2) is 0 Å². The lowest BCUT2D eigenvalue weighted by Crippen LogP contribution is -2.32. The molecule has 0 aromatic heterocycles. The summed E-state index contributed by atoms with van der Waals surface area (Å²) in [5.41, 5.74) is 0. The summed E-state index contributed by atoms with van der Waals surface area (Å²) in [7, 11) is 0. The molecule has 0 atom stereocenters. The van der Waals surface area contributed by atoms with Crippen LogP contribution < -0.4 is 0 Å². The lowest BCUT2D eigenvalue weighted by Gasteiger charge is -2.22. The fourth-order valence-corrected chi connectivity index (χ4v) is 1.92. The Bertz CT molecular complexity index is 170. The fraction of sp³-hybridized carbons (Fsp3) is 0.917. The Morgan fingerprint density at radius 2 is 1.47 bits per heavy atom. The van der Waals surface area contributed by atoms with Crippen molar-refractivity contribution in [1.82, 2.24) is 0 Å². The Kier molecular flexibility index (Phi) is 7.85. The van der Waals surface area contributed by atoms with Crippen molar-refractivity contribution in [2.75, 3.05) is 0 Å². The first kappa shape index (κ1) is 14.8. The van der Waals surface area contributed by atoms with Crippen LogP contribution in [0.5, 0.6) is 0 Å². The number of carboxylic acids is 1. The van der Waals surface area contributed by atoms with E-state index in [-0.39, 0.29) is 0 Å². The topological polar surface area (TPSA) is 37.3 Å². The lowest BCUT2D eigenvalue weighted by molar-refractivity contribution is -0.140. The molecule has 0 amide bonds. The van der Waals surface area contributed by atoms with Crippen molar-refractivity contribution in [3.05, 3.63) is 0 Å². The van der Waals surface area contributed by atoms with E-state index in [0.717, 1.165) is 38.5 Å². The van der Waals surface area contributed by atoms with Gasteiger partial charge in [0.05, 0.1) is 0 Å². The van der Waals surface area contributed by atoms with Crippen molar-refractivity contribution in [2.45, 2.75) is 70.1 Å². The Morgan fingerprint density at radius 1 is 1.07 bits per heavy atom. The minimum absolute atomic E-state index is 0.599. The molecule has 0 bridgehead atoms. The third-order valence-electron chi connectivity index (χ3n) is 2.74. The molecule has 0 spiro atoms. The summed E-state index contributed by atoms with van der Waals surface area (Å²) in [6.45, 7) is 4.21. The fourth-order valence-electron chi connectivity index (χ4n) is 1.65. The van der Waals surface area contributed by atoms with Crippen LogP contribution in [0.3, 0.4) is 0 Å². The maximum Gasteiger partial charge on any atom is 0.324 e. The van der Waals surface area contributed by atoms with Crippen LogP contribution in [0.1, 0.15) is 65.2 Å². The largest absolute Gasteiger partial charge is 0.480 e. The minimum atomic E-state index is -1.01. The third-order valence-corrected chi connectivity index (χ3v) is 3.28. The Balaban J connectivity index is 4.01. The van der Waals surface area contributed by atoms with Gasteiger partial charge in [-0.15, -0.1) is 11.6 Å². The number of alkyl halides is 1. The Hall–Kier alpha value is -0.240. The Morgan fingerprint density at radius 3 is 1.73 bits per heavy atom. The smallest absolute Gasteiger partial charge is 0.324 e. The van der Waals surface area contributed by atoms with Crippen molar-refractivity contribution >= 4 is 17.6 Å². The molecule has 3 heteroatoms. The molecule has 0 aromatic rings. The van der Waals surface area contributed by atoms with Crippen LogP contribution >= 0.6 is 11.6 Å². The second kappa shape index (κ2) is 7.98. The zero-order valence-corrected chi connectivity index (χ0v) is 10.6. The van der Waals surface area contributed by atoms with Gasteiger partial charge in [-0.1, -0.05) is 52.4 Å². The molecule has 0 unspecified atom stereocenters. The van der Waals surface area contributed by atoms with E-state index in [1.165, 1.54) is 0 Å². The summed E-state index contributed by atoms with van der Waals surface area (Å²) in [6.07, 6.45) is 7.36. The van der Waals surface area contributed by atoms with E-state index < -0.39 is 10.8 Å². The van der Waals surface area contributed by atoms with E-state index in [2.05, 4.69) is 13.8 Å². The summed E-state index contributed by atoms with van der Waals surface area (Å²) < 4.78 is 0. The van der Waals surface area contributed by atoms with Crippen molar-refractivity contribution in [1.29, 1.82) is 0 Å². The molecule has 0 rings (SSSR count). The standard InChI is InChI=1S/C12H23ClO2/c1-3-5-7-9-12(13,11(14)15)10-8-6-4-2/h3-10H2,1-2H3,(H,14,15). The second-order valence-electron chi connectivity index (χ2n) is 4.18. The molecule has 90 valence electrons. The van der Waals surface area contributed by atoms with Crippen LogP contribution in [-0.2, 0) is 4.79 Å². The number of hydrogen-bond donors (Lipinski definition) is 1. The summed E-state index contributed by atoms with van der Waals surface area (Å²) >= 11 is 6.15. The number of halogens is 1. The molecule has 2 nitrogen and oxygen atoms in total. The normalized spacial score (nSPS) is 11.7. The van der Waals surface area contributed by atoms with Gasteiger partial charge < -0.3 is 5.11 Å². The minimum Gasteiger partial charge on any atom is -0.480 e. The molecule has 0 radical (unpaired) electrons. The van der Waals surface area contributed by atoms with E-state index >= 15 is 0 Å². The summed E-state index contributed by atoms with van der Waals surface area (Å²) in [5, 5.41) is 9.10. The van der Waals surface area contributed by atoms with Crippen LogP contribution in [0.4, 0.5) is 0 Å². The maximum absolute atomic E-state index is 11.1. The van der Waals surface area contributed by atoms with Crippen LogP contribution in [0.2, 0.25) is 0 Å². The van der Waals surface area contributed by atoms with E-state index in [1.54, 1.807) is 0 Å². The maximum atomic E-state index is 11.1. The highest BCUT2D eigenvalue weighted by Gasteiger charge is 2.34. The quantitative estimate of drug-likeness (QED) is 0.479. The van der Waals surface area contributed by atoms with Crippen LogP contribution in [0, 0.1) is 0 Å². The first-order valence-electron chi connectivity index (χ1n) is 5.99. The monoisotopic (exact) mass is 234 g/mol. The first-order chi connectivity index (χ1) is 7.06. The van der Waals surface area contributed by atoms with E-state index in [0.29, 0.717) is 12.8 Å².